The Balaban J connectivity index is 1.71. The van der Waals surface area contributed by atoms with Gasteiger partial charge in [0, 0.05) is 16.8 Å². The molecule has 1 aliphatic carbocycles. The van der Waals surface area contributed by atoms with Crippen molar-refractivity contribution in [3.05, 3.63) is 54.1 Å². The van der Waals surface area contributed by atoms with Gasteiger partial charge in [-0.15, -0.1) is 11.8 Å². The number of hydrogen-bond donors (Lipinski definition) is 3. The van der Waals surface area contributed by atoms with E-state index in [0.717, 1.165) is 43.0 Å². The number of phenolic OH excluding ortho intramolecular Hbond substituents is 1. The van der Waals surface area contributed by atoms with Crippen molar-refractivity contribution in [2.45, 2.75) is 54.7 Å². The van der Waals surface area contributed by atoms with Gasteiger partial charge in [0.2, 0.25) is 0 Å². The second-order valence-electron chi connectivity index (χ2n) is 8.57. The molecule has 1 saturated carbocycles. The average Bonchev–Trinajstić information content (AvgIpc) is 2.85. The van der Waals surface area contributed by atoms with Crippen LogP contribution in [-0.2, 0) is 14.8 Å². The first-order valence-electron chi connectivity index (χ1n) is 11.7. The van der Waals surface area contributed by atoms with Crippen molar-refractivity contribution in [3.8, 4) is 11.5 Å². The Morgan fingerprint density at radius 2 is 1.80 bits per heavy atom. The number of phenols is 1. The third kappa shape index (κ3) is 5.67. The first kappa shape index (κ1) is 25.2. The van der Waals surface area contributed by atoms with E-state index >= 15 is 0 Å². The van der Waals surface area contributed by atoms with Gasteiger partial charge in [-0.25, -0.2) is 8.42 Å². The van der Waals surface area contributed by atoms with Gasteiger partial charge < -0.3 is 14.9 Å². The number of hydrogen-bond acceptors (Lipinski definition) is 6. The van der Waals surface area contributed by atoms with Crippen molar-refractivity contribution in [1.29, 1.82) is 0 Å². The fourth-order valence-electron chi connectivity index (χ4n) is 4.59. The molecule has 0 atom stereocenters. The Hall–Kier alpha value is -2.91. The number of ether oxygens (including phenoxy) is 1. The van der Waals surface area contributed by atoms with Gasteiger partial charge in [0.05, 0.1) is 27.8 Å². The lowest BCUT2D eigenvalue weighted by atomic mass is 9.84. The van der Waals surface area contributed by atoms with E-state index in [1.807, 2.05) is 13.0 Å². The minimum absolute atomic E-state index is 0.0785. The van der Waals surface area contributed by atoms with Crippen LogP contribution in [0.3, 0.4) is 0 Å². The summed E-state index contributed by atoms with van der Waals surface area (Å²) in [6, 6.07) is 13.4. The highest BCUT2D eigenvalue weighted by Gasteiger charge is 2.24. The molecule has 0 spiro atoms. The first-order chi connectivity index (χ1) is 16.8. The predicted molar refractivity (Wildman–Crippen MR) is 138 cm³/mol. The van der Waals surface area contributed by atoms with E-state index in [9.17, 15) is 18.3 Å². The molecule has 0 unspecified atom stereocenters. The smallest absolute Gasteiger partial charge is 0.313 e. The minimum Gasteiger partial charge on any atom is -0.506 e. The van der Waals surface area contributed by atoms with Crippen molar-refractivity contribution in [2.24, 2.45) is 0 Å². The molecule has 3 N–H and O–H groups in total. The molecule has 186 valence electrons. The van der Waals surface area contributed by atoms with E-state index in [0.29, 0.717) is 29.0 Å². The fraction of sp³-hybridized carbons (Fsp3) is 0.346. The lowest BCUT2D eigenvalue weighted by Gasteiger charge is -2.24. The molecule has 0 aliphatic heterocycles. The minimum atomic E-state index is -3.99. The third-order valence-electron chi connectivity index (χ3n) is 6.22. The molecule has 0 heterocycles. The number of sulfonamides is 1. The number of carbonyl (C=O) groups is 1. The van der Waals surface area contributed by atoms with Crippen LogP contribution in [0.15, 0.2) is 58.3 Å². The van der Waals surface area contributed by atoms with E-state index in [4.69, 9.17) is 9.84 Å². The van der Waals surface area contributed by atoms with Crippen LogP contribution in [0.5, 0.6) is 11.5 Å². The average molecular weight is 516 g/mol. The highest BCUT2D eigenvalue weighted by atomic mass is 32.2. The summed E-state index contributed by atoms with van der Waals surface area (Å²) in [6.45, 7) is 2.31. The number of aromatic hydroxyl groups is 1. The van der Waals surface area contributed by atoms with Crippen LogP contribution in [0.2, 0.25) is 0 Å². The Labute approximate surface area is 209 Å². The van der Waals surface area contributed by atoms with E-state index in [-0.39, 0.29) is 27.0 Å². The molecule has 0 saturated heterocycles. The number of carboxylic acids is 1. The summed E-state index contributed by atoms with van der Waals surface area (Å²) in [5.41, 5.74) is 1.31. The molecule has 3 aromatic carbocycles. The van der Waals surface area contributed by atoms with Gasteiger partial charge in [-0.2, -0.15) is 0 Å². The van der Waals surface area contributed by atoms with Crippen LogP contribution in [0.25, 0.3) is 10.8 Å². The molecular weight excluding hydrogens is 486 g/mol. The zero-order valence-corrected chi connectivity index (χ0v) is 21.1. The predicted octanol–water partition coefficient (Wildman–Crippen LogP) is 5.97. The van der Waals surface area contributed by atoms with Gasteiger partial charge in [-0.3, -0.25) is 9.52 Å². The SMILES string of the molecule is CCOc1cc(S(=O)(=O)Nc2cc(SCC(=O)O)c(O)c3ccccc23)ccc1C1CCCCC1. The van der Waals surface area contributed by atoms with Gasteiger partial charge >= 0.3 is 5.97 Å². The third-order valence-corrected chi connectivity index (χ3v) is 8.59. The van der Waals surface area contributed by atoms with Crippen molar-refractivity contribution >= 4 is 44.2 Å². The van der Waals surface area contributed by atoms with E-state index in [1.165, 1.54) is 12.5 Å². The summed E-state index contributed by atoms with van der Waals surface area (Å²) in [6.07, 6.45) is 5.69. The maximum Gasteiger partial charge on any atom is 0.313 e. The van der Waals surface area contributed by atoms with Gasteiger partial charge in [0.1, 0.15) is 11.5 Å². The molecule has 0 amide bonds. The number of rotatable bonds is 9. The molecule has 7 nitrogen and oxygen atoms in total. The second-order valence-corrected chi connectivity index (χ2v) is 11.3. The lowest BCUT2D eigenvalue weighted by Crippen LogP contribution is -2.15. The fourth-order valence-corrected chi connectivity index (χ4v) is 6.40. The maximum absolute atomic E-state index is 13.4. The topological polar surface area (TPSA) is 113 Å². The summed E-state index contributed by atoms with van der Waals surface area (Å²) >= 11 is 0.928. The molecule has 4 rings (SSSR count). The van der Waals surface area contributed by atoms with Gasteiger partial charge in [0.25, 0.3) is 10.0 Å². The van der Waals surface area contributed by atoms with Crippen molar-refractivity contribution < 1.29 is 28.2 Å². The van der Waals surface area contributed by atoms with Gasteiger partial charge in [0.15, 0.2) is 0 Å². The summed E-state index contributed by atoms with van der Waals surface area (Å²) in [5.74, 6) is -0.421. The molecule has 3 aromatic rings. The first-order valence-corrected chi connectivity index (χ1v) is 14.2. The van der Waals surface area contributed by atoms with E-state index < -0.39 is 16.0 Å². The Morgan fingerprint density at radius 1 is 1.09 bits per heavy atom. The molecule has 9 heteroatoms. The molecule has 0 aromatic heterocycles. The summed E-state index contributed by atoms with van der Waals surface area (Å²) in [4.78, 5) is 11.4. The maximum atomic E-state index is 13.4. The molecule has 1 fully saturated rings. The zero-order valence-electron chi connectivity index (χ0n) is 19.5. The quantitative estimate of drug-likeness (QED) is 0.238. The van der Waals surface area contributed by atoms with Crippen LogP contribution in [-0.4, -0.2) is 37.0 Å². The largest absolute Gasteiger partial charge is 0.506 e. The monoisotopic (exact) mass is 515 g/mol. The number of nitrogens with one attached hydrogen (secondary N) is 1. The number of benzene rings is 3. The Morgan fingerprint density at radius 3 is 2.49 bits per heavy atom. The van der Waals surface area contributed by atoms with Crippen LogP contribution in [0.1, 0.15) is 50.5 Å². The van der Waals surface area contributed by atoms with E-state index in [1.54, 1.807) is 36.4 Å². The van der Waals surface area contributed by atoms with E-state index in [2.05, 4.69) is 4.72 Å². The van der Waals surface area contributed by atoms with Gasteiger partial charge in [-0.1, -0.05) is 49.6 Å². The Kier molecular flexibility index (Phi) is 7.76. The number of fused-ring (bicyclic) bond motifs is 1. The number of anilines is 1. The van der Waals surface area contributed by atoms with Crippen LogP contribution in [0, 0.1) is 0 Å². The summed E-state index contributed by atoms with van der Waals surface area (Å²) < 4.78 is 35.3. The number of carboxylic acid groups (broad SMARTS) is 1. The van der Waals surface area contributed by atoms with Crippen molar-refractivity contribution in [3.63, 3.8) is 0 Å². The normalized spacial score (nSPS) is 14.7. The molecule has 1 aliphatic rings. The van der Waals surface area contributed by atoms with Crippen molar-refractivity contribution in [2.75, 3.05) is 17.1 Å². The Bertz CT molecular complexity index is 1330. The molecular formula is C26H29NO6S2. The zero-order chi connectivity index (χ0) is 25.0. The highest BCUT2D eigenvalue weighted by Crippen LogP contribution is 2.41. The van der Waals surface area contributed by atoms with Crippen molar-refractivity contribution in [1.82, 2.24) is 0 Å². The molecule has 0 radical (unpaired) electrons. The molecule has 35 heavy (non-hydrogen) atoms. The summed E-state index contributed by atoms with van der Waals surface area (Å²) in [5, 5.41) is 20.6. The van der Waals surface area contributed by atoms with Crippen LogP contribution in [0.4, 0.5) is 5.69 Å². The van der Waals surface area contributed by atoms with Crippen LogP contribution >= 0.6 is 11.8 Å². The molecule has 0 bridgehead atoms. The number of aliphatic carboxylic acids is 1. The van der Waals surface area contributed by atoms with Crippen LogP contribution < -0.4 is 9.46 Å². The number of thioether (sulfide) groups is 1. The standard InChI is InChI=1S/C26H29NO6S2/c1-2-33-23-14-18(12-13-19(23)17-8-4-3-5-9-17)35(31,32)27-22-15-24(34-16-25(28)29)26(30)21-11-7-6-10-20(21)22/h6-7,10-15,17,27,30H,2-5,8-9,16H2,1H3,(H,28,29). The van der Waals surface area contributed by atoms with Gasteiger partial charge in [-0.05, 0) is 43.4 Å². The second kappa shape index (κ2) is 10.8. The highest BCUT2D eigenvalue weighted by molar-refractivity contribution is 8.00. The summed E-state index contributed by atoms with van der Waals surface area (Å²) in [7, 11) is -3.99. The lowest BCUT2D eigenvalue weighted by molar-refractivity contribution is -0.133.